The first-order chi connectivity index (χ1) is 9.88. The van der Waals surface area contributed by atoms with E-state index in [1.165, 1.54) is 17.8 Å². The molecule has 1 heterocycles. The number of aryl methyl sites for hydroxylation is 1. The van der Waals surface area contributed by atoms with Crippen molar-refractivity contribution in [3.05, 3.63) is 23.0 Å². The van der Waals surface area contributed by atoms with Crippen LogP contribution in [0.3, 0.4) is 0 Å². The van der Waals surface area contributed by atoms with Crippen LogP contribution in [0.2, 0.25) is 0 Å². The topological polar surface area (TPSA) is 25.2 Å². The van der Waals surface area contributed by atoms with Gasteiger partial charge in [-0.2, -0.15) is 0 Å². The van der Waals surface area contributed by atoms with E-state index in [0.717, 1.165) is 38.2 Å². The average Bonchev–Trinajstić information content (AvgIpc) is 2.70. The van der Waals surface area contributed by atoms with Crippen LogP contribution in [-0.2, 0) is 13.0 Å². The summed E-state index contributed by atoms with van der Waals surface area (Å²) in [7, 11) is 0. The number of hydrogen-bond donors (Lipinski definition) is 0. The number of ketones is 1. The summed E-state index contributed by atoms with van der Waals surface area (Å²) in [5, 5.41) is 0. The first-order valence-corrected chi connectivity index (χ1v) is 8.32. The monoisotopic (exact) mass is 290 g/mol. The van der Waals surface area contributed by atoms with Crippen LogP contribution in [0.5, 0.6) is 0 Å². The van der Waals surface area contributed by atoms with Crippen LogP contribution in [-0.4, -0.2) is 34.9 Å². The van der Waals surface area contributed by atoms with E-state index in [-0.39, 0.29) is 5.41 Å². The predicted octanol–water partition coefficient (Wildman–Crippen LogP) is 3.68. The molecule has 1 aromatic rings. The highest BCUT2D eigenvalue weighted by molar-refractivity contribution is 5.99. The summed E-state index contributed by atoms with van der Waals surface area (Å²) in [6.45, 7) is 15.3. The smallest absolute Gasteiger partial charge is 0.165 e. The lowest BCUT2D eigenvalue weighted by atomic mass is 9.76. The highest BCUT2D eigenvalue weighted by Gasteiger charge is 2.33. The van der Waals surface area contributed by atoms with E-state index in [0.29, 0.717) is 12.2 Å². The Morgan fingerprint density at radius 3 is 2.57 bits per heavy atom. The van der Waals surface area contributed by atoms with Crippen molar-refractivity contribution in [2.24, 2.45) is 5.41 Å². The molecule has 0 aromatic carbocycles. The van der Waals surface area contributed by atoms with Gasteiger partial charge in [-0.1, -0.05) is 27.7 Å². The molecule has 3 nitrogen and oxygen atoms in total. The average molecular weight is 290 g/mol. The van der Waals surface area contributed by atoms with Gasteiger partial charge < -0.3 is 9.47 Å². The molecule has 0 bridgehead atoms. The number of aromatic nitrogens is 1. The second kappa shape index (κ2) is 6.35. The molecule has 0 aliphatic heterocycles. The van der Waals surface area contributed by atoms with Crippen LogP contribution >= 0.6 is 0 Å². The van der Waals surface area contributed by atoms with E-state index >= 15 is 0 Å². The molecule has 118 valence electrons. The van der Waals surface area contributed by atoms with E-state index in [1.807, 2.05) is 0 Å². The number of hydrogen-bond acceptors (Lipinski definition) is 2. The Morgan fingerprint density at radius 2 is 1.95 bits per heavy atom. The van der Waals surface area contributed by atoms with Crippen LogP contribution in [0.4, 0.5) is 0 Å². The maximum Gasteiger partial charge on any atom is 0.165 e. The van der Waals surface area contributed by atoms with Gasteiger partial charge in [0.2, 0.25) is 0 Å². The number of Topliss-reactive ketones (excluding diaryl/α,β-unsaturated/α-hetero) is 1. The minimum Gasteiger partial charge on any atom is -0.347 e. The van der Waals surface area contributed by atoms with Crippen LogP contribution in [0.25, 0.3) is 0 Å². The molecule has 2 rings (SSSR count). The van der Waals surface area contributed by atoms with Crippen molar-refractivity contribution in [2.75, 3.05) is 19.6 Å². The van der Waals surface area contributed by atoms with Gasteiger partial charge in [0, 0.05) is 36.5 Å². The van der Waals surface area contributed by atoms with Gasteiger partial charge in [-0.3, -0.25) is 4.79 Å². The van der Waals surface area contributed by atoms with Gasteiger partial charge in [-0.25, -0.2) is 0 Å². The molecule has 0 amide bonds. The second-order valence-corrected chi connectivity index (χ2v) is 7.17. The van der Waals surface area contributed by atoms with E-state index < -0.39 is 0 Å². The number of rotatable bonds is 6. The molecule has 0 spiro atoms. The van der Waals surface area contributed by atoms with Gasteiger partial charge >= 0.3 is 0 Å². The molecule has 1 aliphatic carbocycles. The summed E-state index contributed by atoms with van der Waals surface area (Å²) >= 11 is 0. The first kappa shape index (κ1) is 16.3. The third kappa shape index (κ3) is 3.57. The summed E-state index contributed by atoms with van der Waals surface area (Å²) in [6, 6.07) is 2.10. The van der Waals surface area contributed by atoms with Crippen LogP contribution in [0.1, 0.15) is 62.3 Å². The molecule has 0 N–H and O–H groups in total. The van der Waals surface area contributed by atoms with Crippen molar-refractivity contribution in [1.82, 2.24) is 9.47 Å². The fourth-order valence-corrected chi connectivity index (χ4v) is 3.50. The number of nitrogens with zero attached hydrogens (tertiary/aromatic N) is 2. The van der Waals surface area contributed by atoms with Crippen molar-refractivity contribution in [3.63, 3.8) is 0 Å². The highest BCUT2D eigenvalue weighted by atomic mass is 16.1. The molecule has 0 unspecified atom stereocenters. The minimum absolute atomic E-state index is 0.0977. The van der Waals surface area contributed by atoms with E-state index in [2.05, 4.69) is 50.2 Å². The maximum absolute atomic E-state index is 12.3. The van der Waals surface area contributed by atoms with Crippen molar-refractivity contribution in [1.29, 1.82) is 0 Å². The molecule has 0 radical (unpaired) electrons. The van der Waals surface area contributed by atoms with Crippen molar-refractivity contribution < 1.29 is 4.79 Å². The Bertz CT molecular complexity index is 514. The third-order valence-electron chi connectivity index (χ3n) is 4.63. The lowest BCUT2D eigenvalue weighted by Gasteiger charge is -2.30. The number of carbonyl (C=O) groups is 1. The second-order valence-electron chi connectivity index (χ2n) is 7.17. The Hall–Kier alpha value is -1.09. The lowest BCUT2D eigenvalue weighted by Crippen LogP contribution is -2.31. The first-order valence-electron chi connectivity index (χ1n) is 8.32. The molecule has 0 saturated carbocycles. The van der Waals surface area contributed by atoms with Gasteiger partial charge in [-0.05, 0) is 44.3 Å². The molecule has 3 heteroatoms. The molecule has 1 aromatic heterocycles. The Kier molecular flexibility index (Phi) is 4.92. The van der Waals surface area contributed by atoms with E-state index in [1.54, 1.807) is 0 Å². The van der Waals surface area contributed by atoms with Crippen molar-refractivity contribution in [2.45, 2.75) is 60.4 Å². The summed E-state index contributed by atoms with van der Waals surface area (Å²) in [6.07, 6.45) is 2.89. The summed E-state index contributed by atoms with van der Waals surface area (Å²) in [5.74, 6) is 0.323. The minimum atomic E-state index is 0.0977. The predicted molar refractivity (Wildman–Crippen MR) is 88.0 cm³/mol. The molecule has 0 saturated heterocycles. The summed E-state index contributed by atoms with van der Waals surface area (Å²) in [5.41, 5.74) is 3.57. The maximum atomic E-state index is 12.3. The molecule has 0 atom stereocenters. The SMILES string of the molecule is CCCN(CC)CCn1c(C)cc2c1CC(C)(C)CC2=O. The van der Waals surface area contributed by atoms with Crippen LogP contribution in [0, 0.1) is 12.3 Å². The van der Waals surface area contributed by atoms with Gasteiger partial charge in [0.25, 0.3) is 0 Å². The molecule has 0 fully saturated rings. The fraction of sp³-hybridized carbons (Fsp3) is 0.722. The third-order valence-corrected chi connectivity index (χ3v) is 4.63. The Morgan fingerprint density at radius 1 is 1.24 bits per heavy atom. The normalized spacial score (nSPS) is 17.3. The van der Waals surface area contributed by atoms with Crippen LogP contribution in [0.15, 0.2) is 6.07 Å². The van der Waals surface area contributed by atoms with Gasteiger partial charge in [-0.15, -0.1) is 0 Å². The number of likely N-dealkylation sites (N-methyl/N-ethyl adjacent to an activating group) is 1. The number of carbonyl (C=O) groups excluding carboxylic acids is 1. The molecule has 21 heavy (non-hydrogen) atoms. The van der Waals surface area contributed by atoms with Crippen molar-refractivity contribution in [3.8, 4) is 0 Å². The quantitative estimate of drug-likeness (QED) is 0.798. The molecular weight excluding hydrogens is 260 g/mol. The van der Waals surface area contributed by atoms with Gasteiger partial charge in [0.1, 0.15) is 0 Å². The van der Waals surface area contributed by atoms with Crippen molar-refractivity contribution >= 4 is 5.78 Å². The Labute approximate surface area is 129 Å². The van der Waals surface area contributed by atoms with Crippen LogP contribution < -0.4 is 0 Å². The Balaban J connectivity index is 2.20. The molecule has 1 aliphatic rings. The van der Waals surface area contributed by atoms with E-state index in [4.69, 9.17) is 0 Å². The zero-order valence-electron chi connectivity index (χ0n) is 14.3. The largest absolute Gasteiger partial charge is 0.347 e. The van der Waals surface area contributed by atoms with Gasteiger partial charge in [0.05, 0.1) is 0 Å². The lowest BCUT2D eigenvalue weighted by molar-refractivity contribution is 0.0909. The summed E-state index contributed by atoms with van der Waals surface area (Å²) in [4.78, 5) is 14.8. The summed E-state index contributed by atoms with van der Waals surface area (Å²) < 4.78 is 2.38. The zero-order chi connectivity index (χ0) is 15.6. The fourth-order valence-electron chi connectivity index (χ4n) is 3.50. The zero-order valence-corrected chi connectivity index (χ0v) is 14.3. The van der Waals surface area contributed by atoms with Gasteiger partial charge in [0.15, 0.2) is 5.78 Å². The number of fused-ring (bicyclic) bond motifs is 1. The molecular formula is C18H30N2O. The highest BCUT2D eigenvalue weighted by Crippen LogP contribution is 2.36. The van der Waals surface area contributed by atoms with E-state index in [9.17, 15) is 4.79 Å². The standard InChI is InChI=1S/C18H30N2O/c1-6-8-19(7-2)9-10-20-14(3)11-15-16(20)12-18(4,5)13-17(15)21/h11H,6-10,12-13H2,1-5H3.